The molecule has 0 bridgehead atoms. The third-order valence-corrected chi connectivity index (χ3v) is 6.97. The van der Waals surface area contributed by atoms with Gasteiger partial charge in [0.2, 0.25) is 23.6 Å². The summed E-state index contributed by atoms with van der Waals surface area (Å²) in [4.78, 5) is 72.5. The highest BCUT2D eigenvalue weighted by Crippen LogP contribution is 2.19. The molecule has 220 valence electrons. The van der Waals surface area contributed by atoms with Crippen molar-refractivity contribution in [2.75, 3.05) is 12.0 Å². The molecule has 4 unspecified atom stereocenters. The van der Waals surface area contributed by atoms with Gasteiger partial charge in [-0.2, -0.15) is 11.8 Å². The molecule has 15 heteroatoms. The third kappa shape index (κ3) is 9.08. The number of amides is 4. The fourth-order valence-corrected chi connectivity index (χ4v) is 4.65. The summed E-state index contributed by atoms with van der Waals surface area (Å²) in [5.41, 5.74) is 13.7. The van der Waals surface area contributed by atoms with Gasteiger partial charge in [0.1, 0.15) is 18.1 Å². The molecule has 41 heavy (non-hydrogen) atoms. The Labute approximate surface area is 239 Å². The molecule has 10 N–H and O–H groups in total. The van der Waals surface area contributed by atoms with E-state index in [0.29, 0.717) is 11.4 Å². The molecule has 0 saturated heterocycles. The SMILES string of the molecule is CSCCC(NC(=O)C(CC(N)=O)NC(=O)C(Cc1cnc[nH]1)NC(=O)C(N)Cc1c[nH]c2ccccc12)C(=O)O. The topological polar surface area (TPSA) is 238 Å². The molecular weight excluding hydrogens is 552 g/mol. The van der Waals surface area contributed by atoms with Crippen LogP contribution in [0, 0.1) is 0 Å². The van der Waals surface area contributed by atoms with Crippen molar-refractivity contribution in [1.29, 1.82) is 0 Å². The van der Waals surface area contributed by atoms with Crippen molar-refractivity contribution in [2.24, 2.45) is 11.5 Å². The van der Waals surface area contributed by atoms with Gasteiger partial charge in [-0.05, 0) is 36.5 Å². The number of nitrogens with zero attached hydrogens (tertiary/aromatic N) is 1. The van der Waals surface area contributed by atoms with Gasteiger partial charge in [-0.1, -0.05) is 18.2 Å². The quantitative estimate of drug-likeness (QED) is 0.104. The number of nitrogens with two attached hydrogens (primary N) is 2. The summed E-state index contributed by atoms with van der Waals surface area (Å²) in [6.07, 6.45) is 6.12. The van der Waals surface area contributed by atoms with E-state index in [0.717, 1.165) is 16.5 Å². The summed E-state index contributed by atoms with van der Waals surface area (Å²) in [6, 6.07) is 2.62. The number of H-pyrrole nitrogens is 2. The highest BCUT2D eigenvalue weighted by molar-refractivity contribution is 7.98. The number of nitrogens with one attached hydrogen (secondary N) is 5. The summed E-state index contributed by atoms with van der Waals surface area (Å²) < 4.78 is 0. The molecule has 14 nitrogen and oxygen atoms in total. The van der Waals surface area contributed by atoms with Crippen molar-refractivity contribution in [3.05, 3.63) is 54.2 Å². The van der Waals surface area contributed by atoms with Gasteiger partial charge in [-0.15, -0.1) is 0 Å². The van der Waals surface area contributed by atoms with Crippen LogP contribution in [0.5, 0.6) is 0 Å². The number of carboxylic acids is 1. The lowest BCUT2D eigenvalue weighted by atomic mass is 10.0. The van der Waals surface area contributed by atoms with Crippen molar-refractivity contribution in [3.8, 4) is 0 Å². The van der Waals surface area contributed by atoms with E-state index in [-0.39, 0.29) is 19.3 Å². The molecule has 0 radical (unpaired) electrons. The lowest BCUT2D eigenvalue weighted by molar-refractivity contribution is -0.142. The Bertz CT molecular complexity index is 1360. The van der Waals surface area contributed by atoms with Crippen molar-refractivity contribution >= 4 is 52.3 Å². The first-order valence-electron chi connectivity index (χ1n) is 12.8. The molecule has 1 aromatic carbocycles. The number of benzene rings is 1. The predicted molar refractivity (Wildman–Crippen MR) is 153 cm³/mol. The Morgan fingerprint density at radius 3 is 2.32 bits per heavy atom. The minimum Gasteiger partial charge on any atom is -0.480 e. The Kier molecular flexibility index (Phi) is 11.3. The number of aromatic amines is 2. The first kappa shape index (κ1) is 31.2. The zero-order valence-electron chi connectivity index (χ0n) is 22.4. The Hall–Kier alpha value is -4.37. The van der Waals surface area contributed by atoms with E-state index in [4.69, 9.17) is 11.5 Å². The zero-order valence-corrected chi connectivity index (χ0v) is 23.2. The summed E-state index contributed by atoms with van der Waals surface area (Å²) in [6.45, 7) is 0. The number of rotatable bonds is 16. The normalized spacial score (nSPS) is 14.0. The third-order valence-electron chi connectivity index (χ3n) is 6.33. The number of carbonyl (C=O) groups excluding carboxylic acids is 4. The van der Waals surface area contributed by atoms with E-state index < -0.39 is 60.2 Å². The molecule has 4 amide bonds. The van der Waals surface area contributed by atoms with Crippen LogP contribution in [-0.2, 0) is 36.8 Å². The number of aliphatic carboxylic acids is 1. The fourth-order valence-electron chi connectivity index (χ4n) is 4.18. The number of para-hydroxylation sites is 1. The zero-order chi connectivity index (χ0) is 29.9. The van der Waals surface area contributed by atoms with E-state index in [1.165, 1.54) is 24.3 Å². The van der Waals surface area contributed by atoms with Gasteiger partial charge in [-0.3, -0.25) is 19.2 Å². The van der Waals surface area contributed by atoms with Crippen molar-refractivity contribution in [1.82, 2.24) is 30.9 Å². The summed E-state index contributed by atoms with van der Waals surface area (Å²) in [5.74, 6) is -4.01. The van der Waals surface area contributed by atoms with Gasteiger partial charge in [0.25, 0.3) is 0 Å². The minimum atomic E-state index is -1.47. The van der Waals surface area contributed by atoms with Crippen LogP contribution in [0.2, 0.25) is 0 Å². The largest absolute Gasteiger partial charge is 0.480 e. The Morgan fingerprint density at radius 2 is 1.66 bits per heavy atom. The van der Waals surface area contributed by atoms with Gasteiger partial charge in [0.05, 0.1) is 18.8 Å². The molecule has 3 aromatic rings. The highest BCUT2D eigenvalue weighted by atomic mass is 32.2. The van der Waals surface area contributed by atoms with Crippen molar-refractivity contribution in [2.45, 2.75) is 49.9 Å². The standard InChI is InChI=1S/C26H34N8O6S/c1-41-7-6-19(26(39)40)32-25(38)21(10-22(28)35)34-24(37)20(9-15-12-29-13-31-15)33-23(36)17(27)8-14-11-30-18-5-3-2-4-16(14)18/h2-5,11-13,17,19-21,30H,6-10,27H2,1H3,(H2,28,35)(H,29,31)(H,32,38)(H,33,36)(H,34,37)(H,39,40). The molecular formula is C26H34N8O6S. The number of carbonyl (C=O) groups is 5. The molecule has 0 spiro atoms. The van der Waals surface area contributed by atoms with Gasteiger partial charge in [-0.25, -0.2) is 9.78 Å². The van der Waals surface area contributed by atoms with Crippen molar-refractivity contribution in [3.63, 3.8) is 0 Å². The summed E-state index contributed by atoms with van der Waals surface area (Å²) in [5, 5.41) is 17.8. The monoisotopic (exact) mass is 586 g/mol. The molecule has 0 aliphatic heterocycles. The van der Waals surface area contributed by atoms with Crippen LogP contribution < -0.4 is 27.4 Å². The van der Waals surface area contributed by atoms with Crippen LogP contribution in [0.4, 0.5) is 0 Å². The second kappa shape index (κ2) is 14.9. The van der Waals surface area contributed by atoms with Crippen LogP contribution in [0.1, 0.15) is 24.1 Å². The maximum absolute atomic E-state index is 13.3. The van der Waals surface area contributed by atoms with Gasteiger partial charge >= 0.3 is 5.97 Å². The summed E-state index contributed by atoms with van der Waals surface area (Å²) in [7, 11) is 0. The molecule has 0 saturated carbocycles. The molecule has 0 fully saturated rings. The number of thioether (sulfide) groups is 1. The first-order valence-corrected chi connectivity index (χ1v) is 14.2. The van der Waals surface area contributed by atoms with E-state index >= 15 is 0 Å². The average molecular weight is 587 g/mol. The molecule has 4 atom stereocenters. The smallest absolute Gasteiger partial charge is 0.326 e. The first-order chi connectivity index (χ1) is 19.6. The number of hydrogen-bond acceptors (Lipinski definition) is 8. The van der Waals surface area contributed by atoms with Crippen molar-refractivity contribution < 1.29 is 29.1 Å². The molecule has 0 aliphatic carbocycles. The molecule has 3 rings (SSSR count). The molecule has 2 aromatic heterocycles. The number of carboxylic acid groups (broad SMARTS) is 1. The van der Waals surface area contributed by atoms with E-state index in [1.807, 2.05) is 24.3 Å². The van der Waals surface area contributed by atoms with Gasteiger partial charge in [0, 0.05) is 35.4 Å². The Morgan fingerprint density at radius 1 is 0.976 bits per heavy atom. The van der Waals surface area contributed by atoms with E-state index in [1.54, 1.807) is 12.5 Å². The Balaban J connectivity index is 1.74. The maximum Gasteiger partial charge on any atom is 0.326 e. The lowest BCUT2D eigenvalue weighted by Crippen LogP contribution is -2.58. The predicted octanol–water partition coefficient (Wildman–Crippen LogP) is -0.829. The van der Waals surface area contributed by atoms with Gasteiger partial charge < -0.3 is 42.5 Å². The number of imidazole rings is 1. The van der Waals surface area contributed by atoms with Crippen LogP contribution >= 0.6 is 11.8 Å². The van der Waals surface area contributed by atoms with Crippen LogP contribution in [0.15, 0.2) is 43.0 Å². The summed E-state index contributed by atoms with van der Waals surface area (Å²) >= 11 is 1.40. The molecule has 0 aliphatic rings. The second-order valence-electron chi connectivity index (χ2n) is 9.42. The minimum absolute atomic E-state index is 0.0340. The number of hydrogen-bond donors (Lipinski definition) is 8. The van der Waals surface area contributed by atoms with Crippen LogP contribution in [0.3, 0.4) is 0 Å². The van der Waals surface area contributed by atoms with Gasteiger partial charge in [0.15, 0.2) is 0 Å². The molecule has 2 heterocycles. The fraction of sp³-hybridized carbons (Fsp3) is 0.385. The number of aromatic nitrogens is 3. The maximum atomic E-state index is 13.3. The second-order valence-corrected chi connectivity index (χ2v) is 10.4. The van der Waals surface area contributed by atoms with E-state index in [9.17, 15) is 29.1 Å². The lowest BCUT2D eigenvalue weighted by Gasteiger charge is -2.24. The number of primary amides is 1. The number of fused-ring (bicyclic) bond motifs is 1. The average Bonchev–Trinajstić information content (AvgIpc) is 3.59. The van der Waals surface area contributed by atoms with Crippen LogP contribution in [0.25, 0.3) is 10.9 Å². The van der Waals surface area contributed by atoms with E-state index in [2.05, 4.69) is 30.9 Å². The highest BCUT2D eigenvalue weighted by Gasteiger charge is 2.31. The van der Waals surface area contributed by atoms with Crippen LogP contribution in [-0.4, -0.2) is 85.8 Å².